The number of aliphatic hydroxyl groups is 1. The lowest BCUT2D eigenvalue weighted by molar-refractivity contribution is -0.132. The average Bonchev–Trinajstić information content (AvgIpc) is 3.36. The number of hydrogen-bond donors (Lipinski definition) is 1. The first-order valence-electron chi connectivity index (χ1n) is 9.10. The van der Waals surface area contributed by atoms with Crippen LogP contribution >= 0.6 is 11.3 Å². The highest BCUT2D eigenvalue weighted by Crippen LogP contribution is 2.42. The van der Waals surface area contributed by atoms with Gasteiger partial charge < -0.3 is 9.84 Å². The van der Waals surface area contributed by atoms with E-state index >= 15 is 0 Å². The van der Waals surface area contributed by atoms with Gasteiger partial charge >= 0.3 is 5.91 Å². The van der Waals surface area contributed by atoms with Crippen LogP contribution in [-0.2, 0) is 9.59 Å². The van der Waals surface area contributed by atoms with Crippen molar-refractivity contribution in [3.63, 3.8) is 0 Å². The molecule has 0 saturated carbocycles. The van der Waals surface area contributed by atoms with Crippen molar-refractivity contribution in [2.45, 2.75) is 13.0 Å². The maximum atomic E-state index is 12.9. The molecule has 1 fully saturated rings. The third-order valence-electron chi connectivity index (χ3n) is 4.62. The van der Waals surface area contributed by atoms with Gasteiger partial charge in [-0.2, -0.15) is 0 Å². The molecule has 1 atom stereocenters. The fraction of sp³-hybridized carbons (Fsp3) is 0.136. The standard InChI is InChI=1S/C22H18N2O4S/c1-2-28-16-10-8-15(9-11-16)19(25)17-18(14-6-4-3-5-7-14)24(21(27)20(17)26)22-23-12-13-29-22/h3-13,18,25H,2H2,1H3. The summed E-state index contributed by atoms with van der Waals surface area (Å²) in [6.07, 6.45) is 1.58. The van der Waals surface area contributed by atoms with E-state index in [1.165, 1.54) is 16.2 Å². The zero-order chi connectivity index (χ0) is 20.4. The first-order valence-corrected chi connectivity index (χ1v) is 9.98. The van der Waals surface area contributed by atoms with Crippen LogP contribution in [-0.4, -0.2) is 28.4 Å². The maximum Gasteiger partial charge on any atom is 0.301 e. The first kappa shape index (κ1) is 18.9. The van der Waals surface area contributed by atoms with E-state index in [1.807, 2.05) is 37.3 Å². The molecule has 1 aliphatic heterocycles. The molecule has 1 aliphatic rings. The number of benzene rings is 2. The molecule has 3 aromatic rings. The summed E-state index contributed by atoms with van der Waals surface area (Å²) in [6, 6.07) is 15.2. The van der Waals surface area contributed by atoms with Crippen LogP contribution in [0, 0.1) is 0 Å². The molecular formula is C22H18N2O4S. The molecule has 1 amide bonds. The second-order valence-electron chi connectivity index (χ2n) is 6.35. The molecule has 0 radical (unpaired) electrons. The Morgan fingerprint density at radius 2 is 1.86 bits per heavy atom. The third kappa shape index (κ3) is 3.40. The van der Waals surface area contributed by atoms with Gasteiger partial charge in [0, 0.05) is 17.1 Å². The number of amides is 1. The Kier molecular flexibility index (Phi) is 5.14. The molecule has 1 N–H and O–H groups in total. The van der Waals surface area contributed by atoms with Gasteiger partial charge in [-0.05, 0) is 36.8 Å². The van der Waals surface area contributed by atoms with E-state index in [-0.39, 0.29) is 11.3 Å². The van der Waals surface area contributed by atoms with Crippen molar-refractivity contribution in [3.05, 3.63) is 82.9 Å². The van der Waals surface area contributed by atoms with Gasteiger partial charge in [0.15, 0.2) is 5.13 Å². The van der Waals surface area contributed by atoms with Crippen molar-refractivity contribution >= 4 is 33.9 Å². The molecule has 2 aromatic carbocycles. The summed E-state index contributed by atoms with van der Waals surface area (Å²) < 4.78 is 5.43. The monoisotopic (exact) mass is 406 g/mol. The highest BCUT2D eigenvalue weighted by molar-refractivity contribution is 7.14. The van der Waals surface area contributed by atoms with Gasteiger partial charge in [-0.15, -0.1) is 11.3 Å². The van der Waals surface area contributed by atoms with Crippen molar-refractivity contribution in [2.24, 2.45) is 0 Å². The lowest BCUT2D eigenvalue weighted by Crippen LogP contribution is -2.29. The predicted octanol–water partition coefficient (Wildman–Crippen LogP) is 4.17. The zero-order valence-corrected chi connectivity index (χ0v) is 16.4. The van der Waals surface area contributed by atoms with Gasteiger partial charge in [-0.3, -0.25) is 14.5 Å². The molecule has 29 heavy (non-hydrogen) atoms. The van der Waals surface area contributed by atoms with E-state index in [9.17, 15) is 14.7 Å². The number of nitrogens with zero attached hydrogens (tertiary/aromatic N) is 2. The fourth-order valence-corrected chi connectivity index (χ4v) is 4.01. The number of ether oxygens (including phenoxy) is 1. The number of anilines is 1. The zero-order valence-electron chi connectivity index (χ0n) is 15.6. The topological polar surface area (TPSA) is 79.7 Å². The minimum absolute atomic E-state index is 0.0422. The van der Waals surface area contributed by atoms with Gasteiger partial charge in [0.25, 0.3) is 5.78 Å². The van der Waals surface area contributed by atoms with E-state index in [1.54, 1.807) is 35.8 Å². The number of ketones is 1. The smallest absolute Gasteiger partial charge is 0.301 e. The average molecular weight is 406 g/mol. The van der Waals surface area contributed by atoms with Gasteiger partial charge in [-0.1, -0.05) is 30.3 Å². The normalized spacial score (nSPS) is 18.2. The summed E-state index contributed by atoms with van der Waals surface area (Å²) >= 11 is 1.26. The third-order valence-corrected chi connectivity index (χ3v) is 5.39. The summed E-state index contributed by atoms with van der Waals surface area (Å²) in [7, 11) is 0. The Labute approximate surface area is 171 Å². The summed E-state index contributed by atoms with van der Waals surface area (Å²) in [6.45, 7) is 2.41. The number of aliphatic hydroxyl groups excluding tert-OH is 1. The Bertz CT molecular complexity index is 1060. The van der Waals surface area contributed by atoms with Gasteiger partial charge in [0.05, 0.1) is 18.2 Å². The lowest BCUT2D eigenvalue weighted by atomic mass is 9.95. The quantitative estimate of drug-likeness (QED) is 0.391. The molecule has 1 aromatic heterocycles. The molecule has 7 heteroatoms. The Morgan fingerprint density at radius 1 is 1.14 bits per heavy atom. The SMILES string of the molecule is CCOc1ccc(C(O)=C2C(=O)C(=O)N(c3nccs3)C2c2ccccc2)cc1. The Balaban J connectivity index is 1.86. The van der Waals surface area contributed by atoms with Crippen LogP contribution in [0.4, 0.5) is 5.13 Å². The fourth-order valence-electron chi connectivity index (χ4n) is 3.35. The molecule has 1 unspecified atom stereocenters. The summed E-state index contributed by atoms with van der Waals surface area (Å²) in [5, 5.41) is 13.1. The van der Waals surface area contributed by atoms with Crippen LogP contribution in [0.5, 0.6) is 5.75 Å². The van der Waals surface area contributed by atoms with Crippen molar-refractivity contribution in [3.8, 4) is 5.75 Å². The predicted molar refractivity (Wildman–Crippen MR) is 111 cm³/mol. The van der Waals surface area contributed by atoms with Crippen molar-refractivity contribution in [1.82, 2.24) is 4.98 Å². The number of carbonyl (C=O) groups excluding carboxylic acids is 2. The number of Topliss-reactive ketones (excluding diaryl/α,β-unsaturated/α-hetero) is 1. The summed E-state index contributed by atoms with van der Waals surface area (Å²) in [4.78, 5) is 31.3. The van der Waals surface area contributed by atoms with Gasteiger partial charge in [0.2, 0.25) is 0 Å². The highest BCUT2D eigenvalue weighted by atomic mass is 32.1. The van der Waals surface area contributed by atoms with Crippen molar-refractivity contribution < 1.29 is 19.4 Å². The first-order chi connectivity index (χ1) is 14.1. The molecule has 1 saturated heterocycles. The molecule has 0 spiro atoms. The number of rotatable bonds is 5. The van der Waals surface area contributed by atoms with E-state index in [4.69, 9.17) is 4.74 Å². The second kappa shape index (κ2) is 7.89. The molecule has 2 heterocycles. The van der Waals surface area contributed by atoms with Gasteiger partial charge in [-0.25, -0.2) is 4.98 Å². The number of carbonyl (C=O) groups is 2. The van der Waals surface area contributed by atoms with Crippen molar-refractivity contribution in [1.29, 1.82) is 0 Å². The second-order valence-corrected chi connectivity index (χ2v) is 7.22. The number of hydrogen-bond acceptors (Lipinski definition) is 6. The molecule has 0 aliphatic carbocycles. The van der Waals surface area contributed by atoms with E-state index in [2.05, 4.69) is 4.98 Å². The molecule has 146 valence electrons. The summed E-state index contributed by atoms with van der Waals surface area (Å²) in [5.74, 6) is -1.01. The van der Waals surface area contributed by atoms with Crippen LogP contribution in [0.2, 0.25) is 0 Å². The van der Waals surface area contributed by atoms with Crippen LogP contribution in [0.3, 0.4) is 0 Å². The van der Waals surface area contributed by atoms with E-state index < -0.39 is 17.7 Å². The van der Waals surface area contributed by atoms with Crippen molar-refractivity contribution in [2.75, 3.05) is 11.5 Å². The molecule has 4 rings (SSSR count). The van der Waals surface area contributed by atoms with E-state index in [0.717, 1.165) is 5.56 Å². The summed E-state index contributed by atoms with van der Waals surface area (Å²) in [5.41, 5.74) is 1.20. The van der Waals surface area contributed by atoms with Crippen LogP contribution < -0.4 is 9.64 Å². The Morgan fingerprint density at radius 3 is 2.48 bits per heavy atom. The molecular weight excluding hydrogens is 388 g/mol. The molecule has 0 bridgehead atoms. The lowest BCUT2D eigenvalue weighted by Gasteiger charge is -2.22. The van der Waals surface area contributed by atoms with Gasteiger partial charge in [0.1, 0.15) is 11.5 Å². The van der Waals surface area contributed by atoms with Crippen LogP contribution in [0.1, 0.15) is 24.1 Å². The van der Waals surface area contributed by atoms with E-state index in [0.29, 0.717) is 23.1 Å². The minimum Gasteiger partial charge on any atom is -0.507 e. The maximum absolute atomic E-state index is 12.9. The minimum atomic E-state index is -0.756. The number of thiazole rings is 1. The highest BCUT2D eigenvalue weighted by Gasteiger charge is 2.47. The number of aromatic nitrogens is 1. The van der Waals surface area contributed by atoms with Crippen LogP contribution in [0.25, 0.3) is 5.76 Å². The largest absolute Gasteiger partial charge is 0.507 e. The van der Waals surface area contributed by atoms with Crippen LogP contribution in [0.15, 0.2) is 71.7 Å². The molecule has 6 nitrogen and oxygen atoms in total. The Hall–Kier alpha value is -3.45.